The SMILES string of the molecule is COc1ccc2c(c1)OC1(CCN(CC(=O)Nc3nnc(C4CC4)s3)CC1)CC2=O. The Kier molecular flexibility index (Phi) is 4.94. The van der Waals surface area contributed by atoms with E-state index in [-0.39, 0.29) is 11.7 Å². The number of amides is 1. The zero-order valence-electron chi connectivity index (χ0n) is 16.8. The average Bonchev–Trinajstić information content (AvgIpc) is 3.49. The quantitative estimate of drug-likeness (QED) is 0.783. The zero-order valence-corrected chi connectivity index (χ0v) is 17.7. The molecule has 158 valence electrons. The molecule has 0 atom stereocenters. The Balaban J connectivity index is 1.17. The third-order valence-corrected chi connectivity index (χ3v) is 7.05. The molecule has 1 aromatic heterocycles. The Morgan fingerprint density at radius 2 is 2.13 bits per heavy atom. The maximum Gasteiger partial charge on any atom is 0.240 e. The Labute approximate surface area is 178 Å². The van der Waals surface area contributed by atoms with Gasteiger partial charge in [-0.3, -0.25) is 19.8 Å². The average molecular weight is 429 g/mol. The molecule has 2 aliphatic heterocycles. The molecule has 0 bridgehead atoms. The van der Waals surface area contributed by atoms with E-state index >= 15 is 0 Å². The van der Waals surface area contributed by atoms with Gasteiger partial charge in [0.1, 0.15) is 22.1 Å². The lowest BCUT2D eigenvalue weighted by atomic mass is 9.82. The number of nitrogens with one attached hydrogen (secondary N) is 1. The smallest absolute Gasteiger partial charge is 0.240 e. The Bertz CT molecular complexity index is 979. The van der Waals surface area contributed by atoms with Crippen LogP contribution in [0.15, 0.2) is 18.2 Å². The van der Waals surface area contributed by atoms with Gasteiger partial charge in [0.25, 0.3) is 0 Å². The molecular formula is C21H24N4O4S. The number of hydrogen-bond donors (Lipinski definition) is 1. The van der Waals surface area contributed by atoms with Crippen LogP contribution in [0.2, 0.25) is 0 Å². The van der Waals surface area contributed by atoms with Gasteiger partial charge in [-0.1, -0.05) is 11.3 Å². The highest BCUT2D eigenvalue weighted by molar-refractivity contribution is 7.15. The fourth-order valence-corrected chi connectivity index (χ4v) is 5.07. The van der Waals surface area contributed by atoms with E-state index in [1.165, 1.54) is 24.2 Å². The topological polar surface area (TPSA) is 93.7 Å². The number of ketones is 1. The lowest BCUT2D eigenvalue weighted by molar-refractivity contribution is -0.118. The third kappa shape index (κ3) is 3.91. The van der Waals surface area contributed by atoms with Gasteiger partial charge >= 0.3 is 0 Å². The van der Waals surface area contributed by atoms with Crippen molar-refractivity contribution in [2.75, 3.05) is 32.1 Å². The summed E-state index contributed by atoms with van der Waals surface area (Å²) in [5.41, 5.74) is 0.118. The number of ether oxygens (including phenoxy) is 2. The van der Waals surface area contributed by atoms with Gasteiger partial charge in [-0.15, -0.1) is 10.2 Å². The number of rotatable bonds is 5. The normalized spacial score (nSPS) is 20.5. The minimum Gasteiger partial charge on any atom is -0.497 e. The van der Waals surface area contributed by atoms with Crippen LogP contribution in [0.4, 0.5) is 5.13 Å². The molecule has 3 heterocycles. The summed E-state index contributed by atoms with van der Waals surface area (Å²) < 4.78 is 11.6. The van der Waals surface area contributed by atoms with Gasteiger partial charge in [-0.25, -0.2) is 0 Å². The van der Waals surface area contributed by atoms with Gasteiger partial charge < -0.3 is 9.47 Å². The van der Waals surface area contributed by atoms with Crippen LogP contribution < -0.4 is 14.8 Å². The molecule has 1 aliphatic carbocycles. The first-order valence-corrected chi connectivity index (χ1v) is 11.1. The van der Waals surface area contributed by atoms with Crippen molar-refractivity contribution >= 4 is 28.2 Å². The number of carbonyl (C=O) groups is 2. The highest BCUT2D eigenvalue weighted by Crippen LogP contribution is 2.42. The number of carbonyl (C=O) groups excluding carboxylic acids is 2. The molecule has 2 fully saturated rings. The van der Waals surface area contributed by atoms with Crippen LogP contribution in [0.1, 0.15) is 53.4 Å². The lowest BCUT2D eigenvalue weighted by Gasteiger charge is -2.43. The second kappa shape index (κ2) is 7.63. The van der Waals surface area contributed by atoms with Crippen molar-refractivity contribution in [1.82, 2.24) is 15.1 Å². The second-order valence-corrected chi connectivity index (χ2v) is 9.30. The molecule has 1 spiro atoms. The van der Waals surface area contributed by atoms with Crippen LogP contribution in [0.5, 0.6) is 11.5 Å². The minimum atomic E-state index is -0.498. The molecule has 1 amide bonds. The number of aromatic nitrogens is 2. The maximum absolute atomic E-state index is 12.7. The van der Waals surface area contributed by atoms with Gasteiger partial charge in [-0.2, -0.15) is 0 Å². The Morgan fingerprint density at radius 1 is 1.33 bits per heavy atom. The summed E-state index contributed by atoms with van der Waals surface area (Å²) in [5.74, 6) is 1.83. The van der Waals surface area contributed by atoms with E-state index < -0.39 is 5.60 Å². The zero-order chi connectivity index (χ0) is 20.7. The molecule has 1 saturated carbocycles. The highest BCUT2D eigenvalue weighted by atomic mass is 32.1. The van der Waals surface area contributed by atoms with Crippen molar-refractivity contribution in [3.63, 3.8) is 0 Å². The summed E-state index contributed by atoms with van der Waals surface area (Å²) in [6.07, 6.45) is 4.11. The van der Waals surface area contributed by atoms with Gasteiger partial charge in [0, 0.05) is 37.9 Å². The van der Waals surface area contributed by atoms with Crippen LogP contribution in [-0.4, -0.2) is 59.1 Å². The summed E-state index contributed by atoms with van der Waals surface area (Å²) >= 11 is 1.47. The van der Waals surface area contributed by atoms with Crippen LogP contribution in [0, 0.1) is 0 Å². The summed E-state index contributed by atoms with van der Waals surface area (Å²) in [4.78, 5) is 27.2. The molecule has 1 N–H and O–H groups in total. The summed E-state index contributed by atoms with van der Waals surface area (Å²) in [6.45, 7) is 1.69. The first-order valence-electron chi connectivity index (χ1n) is 10.3. The van der Waals surface area contributed by atoms with Crippen molar-refractivity contribution in [3.05, 3.63) is 28.8 Å². The highest BCUT2D eigenvalue weighted by Gasteiger charge is 2.43. The number of nitrogens with zero attached hydrogens (tertiary/aromatic N) is 3. The van der Waals surface area contributed by atoms with E-state index in [0.717, 1.165) is 5.01 Å². The summed E-state index contributed by atoms with van der Waals surface area (Å²) in [7, 11) is 1.60. The number of Topliss-reactive ketones (excluding diaryl/α,β-unsaturated/α-hetero) is 1. The maximum atomic E-state index is 12.7. The molecule has 8 nitrogen and oxygen atoms in total. The second-order valence-electron chi connectivity index (χ2n) is 8.29. The van der Waals surface area contributed by atoms with Crippen molar-refractivity contribution in [1.29, 1.82) is 0 Å². The molecule has 30 heavy (non-hydrogen) atoms. The third-order valence-electron chi connectivity index (χ3n) is 6.05. The Morgan fingerprint density at radius 3 is 2.87 bits per heavy atom. The molecular weight excluding hydrogens is 404 g/mol. The fraction of sp³-hybridized carbons (Fsp3) is 0.524. The van der Waals surface area contributed by atoms with Crippen LogP contribution in [-0.2, 0) is 4.79 Å². The lowest BCUT2D eigenvalue weighted by Crippen LogP contribution is -2.52. The standard InChI is InChI=1S/C21H24N4O4S/c1-28-14-4-5-15-16(26)11-21(29-17(15)10-14)6-8-25(9-7-21)12-18(27)22-20-24-23-19(30-20)13-2-3-13/h4-5,10,13H,2-3,6-9,11-12H2,1H3,(H,22,24,27). The number of anilines is 1. The minimum absolute atomic E-state index is 0.0832. The molecule has 2 aromatic rings. The van der Waals surface area contributed by atoms with E-state index in [2.05, 4.69) is 20.4 Å². The van der Waals surface area contributed by atoms with E-state index in [9.17, 15) is 9.59 Å². The van der Waals surface area contributed by atoms with Crippen molar-refractivity contribution in [3.8, 4) is 11.5 Å². The number of methoxy groups -OCH3 is 1. The first-order chi connectivity index (χ1) is 14.5. The van der Waals surface area contributed by atoms with Gasteiger partial charge in [0.05, 0.1) is 25.6 Å². The Hall–Kier alpha value is -2.52. The monoisotopic (exact) mass is 428 g/mol. The molecule has 3 aliphatic rings. The molecule has 5 rings (SSSR count). The fourth-order valence-electron chi connectivity index (χ4n) is 4.14. The largest absolute Gasteiger partial charge is 0.497 e. The van der Waals surface area contributed by atoms with Crippen LogP contribution in [0.3, 0.4) is 0 Å². The molecule has 0 radical (unpaired) electrons. The first kappa shape index (κ1) is 19.4. The van der Waals surface area contributed by atoms with Crippen LogP contribution >= 0.6 is 11.3 Å². The van der Waals surface area contributed by atoms with Gasteiger partial charge in [-0.05, 0) is 25.0 Å². The van der Waals surface area contributed by atoms with E-state index in [0.29, 0.717) is 67.0 Å². The van der Waals surface area contributed by atoms with E-state index in [1.54, 1.807) is 25.3 Å². The molecule has 1 saturated heterocycles. The van der Waals surface area contributed by atoms with Crippen molar-refractivity contribution in [2.24, 2.45) is 0 Å². The van der Waals surface area contributed by atoms with Gasteiger partial charge in [0.15, 0.2) is 5.78 Å². The molecule has 9 heteroatoms. The number of likely N-dealkylation sites (tertiary alicyclic amines) is 1. The number of piperidine rings is 1. The van der Waals surface area contributed by atoms with E-state index in [4.69, 9.17) is 9.47 Å². The summed E-state index contributed by atoms with van der Waals surface area (Å²) in [5, 5.41) is 12.7. The summed E-state index contributed by atoms with van der Waals surface area (Å²) in [6, 6.07) is 5.34. The molecule has 0 unspecified atom stereocenters. The van der Waals surface area contributed by atoms with Crippen molar-refractivity contribution in [2.45, 2.75) is 43.6 Å². The predicted octanol–water partition coefficient (Wildman–Crippen LogP) is 2.86. The predicted molar refractivity (Wildman–Crippen MR) is 111 cm³/mol. The van der Waals surface area contributed by atoms with Gasteiger partial charge in [0.2, 0.25) is 11.0 Å². The number of hydrogen-bond acceptors (Lipinski definition) is 8. The van der Waals surface area contributed by atoms with Crippen molar-refractivity contribution < 1.29 is 19.1 Å². The number of benzene rings is 1. The molecule has 1 aromatic carbocycles. The number of fused-ring (bicyclic) bond motifs is 1. The van der Waals surface area contributed by atoms with Crippen LogP contribution in [0.25, 0.3) is 0 Å². The van der Waals surface area contributed by atoms with E-state index in [1.807, 2.05) is 0 Å².